The number of aldehydes is 1. The molecule has 20 unspecified atom stereocenters. The summed E-state index contributed by atoms with van der Waals surface area (Å²) in [5.74, 6) is -6.62. The van der Waals surface area contributed by atoms with E-state index in [1.54, 1.807) is 27.7 Å². The normalized spacial score (nSPS) is 48.5. The largest absolute Gasteiger partial charge is 0.479 e. The second kappa shape index (κ2) is 44.7. The van der Waals surface area contributed by atoms with Crippen LogP contribution in [0.2, 0.25) is 0 Å². The number of esters is 1. The molecule has 13 rings (SSSR count). The fraction of sp³-hybridized carbons (Fsp3) is 0.926. The van der Waals surface area contributed by atoms with Crippen LogP contribution in [-0.2, 0) is 99.8 Å². The van der Waals surface area contributed by atoms with Crippen LogP contribution in [0.15, 0.2) is 11.6 Å². The van der Waals surface area contributed by atoms with Gasteiger partial charge in [-0.25, -0.2) is 4.79 Å². The van der Waals surface area contributed by atoms with Crippen molar-refractivity contribution in [1.29, 1.82) is 0 Å². The first-order valence-electron chi connectivity index (χ1n) is 49.4. The molecule has 45 heteroatoms. The lowest BCUT2D eigenvalue weighted by Gasteiger charge is -2.71. The average Bonchev–Trinajstić information content (AvgIpc) is 0.749. The van der Waals surface area contributed by atoms with Crippen LogP contribution in [0.25, 0.3) is 0 Å². The van der Waals surface area contributed by atoms with Gasteiger partial charge in [-0.3, -0.25) is 14.4 Å². The Morgan fingerprint density at radius 3 is 1.76 bits per heavy atom. The minimum absolute atomic E-state index is 0.00327. The van der Waals surface area contributed by atoms with E-state index in [1.807, 2.05) is 34.6 Å². The number of ether oxygens (including phenoxy) is 16. The first kappa shape index (κ1) is 112. The molecule has 8 saturated heterocycles. The molecule has 45 nitrogen and oxygen atoms in total. The number of aliphatic hydroxyl groups is 21. The van der Waals surface area contributed by atoms with Gasteiger partial charge in [0.1, 0.15) is 145 Å². The molecule has 24 N–H and O–H groups in total. The van der Waals surface area contributed by atoms with E-state index in [0.29, 0.717) is 51.4 Å². The van der Waals surface area contributed by atoms with Gasteiger partial charge in [0, 0.05) is 12.5 Å². The quantitative estimate of drug-likeness (QED) is 0.0121. The molecular formula is C94H154N2O43. The molecule has 798 valence electrons. The van der Waals surface area contributed by atoms with E-state index in [-0.39, 0.29) is 69.3 Å². The van der Waals surface area contributed by atoms with Crippen LogP contribution in [-0.4, -0.2) is 427 Å². The van der Waals surface area contributed by atoms with Gasteiger partial charge in [-0.05, 0) is 135 Å². The number of aliphatic carboxylic acids is 1. The third-order valence-corrected chi connectivity index (χ3v) is 34.2. The molecule has 8 aliphatic heterocycles. The summed E-state index contributed by atoms with van der Waals surface area (Å²) in [7, 11) is 0. The lowest BCUT2D eigenvalue weighted by atomic mass is 9.33. The van der Waals surface area contributed by atoms with E-state index in [4.69, 9.17) is 75.8 Å². The SMILES string of the molecule is CC[C@@H]1O[C@@H](O[C@@H](C[C@H](O)CC(=O)N[C@@H](C[C@H](O)CC(=O)N[C@H]2C(CO)O[C@@H](OC(=O)[C@]34CCC(C)(C)CC3C3=CCC5C6(C)CC[C@H](O[C@@H]7OC(C(=O)O)[C@@H](O)[C@H](O[C@@H]8OC[C@@H](O)[C@H](O)C8O)C7O[C@@H]7OC(CO)[C@H](O)[C@H](O)C7O)[C@](C)(C=O)[C@@H]6CC[C@]5(C)[C@]3(C)CC4O)C(O[C@@H]3OC(C)[C@H](O[C@@H]4OC[C@@H](O)C(O[C@@H]5OC[C@@](O)(CC)C5O)C4O)C(O)C3O)C2O)[C@@H](C)CC)[C@@H](C)CC)C(O)C1O. The number of carboxylic acids is 1. The molecule has 0 aromatic rings. The first-order valence-corrected chi connectivity index (χ1v) is 49.4. The van der Waals surface area contributed by atoms with Gasteiger partial charge >= 0.3 is 11.9 Å². The van der Waals surface area contributed by atoms with Gasteiger partial charge in [0.15, 0.2) is 56.2 Å². The van der Waals surface area contributed by atoms with Crippen LogP contribution in [0, 0.1) is 62.1 Å². The molecule has 0 spiro atoms. The molecule has 51 atom stereocenters. The maximum atomic E-state index is 16.4. The van der Waals surface area contributed by atoms with Gasteiger partial charge in [0.05, 0.1) is 100 Å². The van der Waals surface area contributed by atoms with Crippen molar-refractivity contribution in [3.63, 3.8) is 0 Å². The summed E-state index contributed by atoms with van der Waals surface area (Å²) in [5, 5.41) is 255. The Kier molecular flexibility index (Phi) is 36.0. The summed E-state index contributed by atoms with van der Waals surface area (Å²) in [5.41, 5.74) is -7.33. The van der Waals surface area contributed by atoms with E-state index in [2.05, 4.69) is 37.5 Å². The smallest absolute Gasteiger partial charge is 0.335 e. The Labute approximate surface area is 806 Å². The fourth-order valence-corrected chi connectivity index (χ4v) is 24.8. The van der Waals surface area contributed by atoms with Crippen LogP contribution in [0.5, 0.6) is 0 Å². The maximum Gasteiger partial charge on any atom is 0.335 e. The highest BCUT2D eigenvalue weighted by atomic mass is 16.8. The molecule has 13 aliphatic rings. The third-order valence-electron chi connectivity index (χ3n) is 34.2. The molecule has 2 amide bonds. The molecule has 0 aromatic carbocycles. The highest BCUT2D eigenvalue weighted by molar-refractivity contribution is 5.80. The Hall–Kier alpha value is -4.15. The number of amides is 2. The van der Waals surface area contributed by atoms with Crippen molar-refractivity contribution < 1.29 is 212 Å². The molecule has 0 aromatic heterocycles. The number of carboxylic acid groups (broad SMARTS) is 1. The molecule has 12 fully saturated rings. The topological polar surface area (TPSA) is 702 Å². The minimum atomic E-state index is -2.26. The molecule has 5 aliphatic carbocycles. The maximum absolute atomic E-state index is 16.4. The summed E-state index contributed by atoms with van der Waals surface area (Å²) < 4.78 is 97.4. The summed E-state index contributed by atoms with van der Waals surface area (Å²) in [6.07, 6.45) is -60.9. The van der Waals surface area contributed by atoms with Crippen LogP contribution >= 0.6 is 0 Å². The van der Waals surface area contributed by atoms with Gasteiger partial charge in [-0.15, -0.1) is 0 Å². The van der Waals surface area contributed by atoms with E-state index in [9.17, 15) is 132 Å². The second-order valence-electron chi connectivity index (χ2n) is 43.3. The number of nitrogens with one attached hydrogen (secondary N) is 2. The highest BCUT2D eigenvalue weighted by Crippen LogP contribution is 2.76. The minimum Gasteiger partial charge on any atom is -0.479 e. The third kappa shape index (κ3) is 21.8. The van der Waals surface area contributed by atoms with E-state index < -0.39 is 358 Å². The van der Waals surface area contributed by atoms with Crippen molar-refractivity contribution in [2.75, 3.05) is 33.0 Å². The Bertz CT molecular complexity index is 4130. The molecule has 0 bridgehead atoms. The Balaban J connectivity index is 0.754. The number of hydrogen-bond donors (Lipinski definition) is 24. The zero-order valence-electron chi connectivity index (χ0n) is 81.1. The highest BCUT2D eigenvalue weighted by Gasteiger charge is 2.74. The van der Waals surface area contributed by atoms with Crippen LogP contribution < -0.4 is 10.6 Å². The second-order valence-corrected chi connectivity index (χ2v) is 43.3. The average molecular weight is 2000 g/mol. The zero-order chi connectivity index (χ0) is 102. The number of rotatable bonds is 36. The standard InChI is InChI=1S/C94H154N2O43/c1-14-38(5)45(95-56(105)29-42(101)27-49(39(6)15-2)129-82-66(114)60(108)48(16-3)128-82)26-41(100)28-57(106)96-58-50(32-97)130-84(75(62(58)110)137-81-68(116)64(112)71(40(7)127-81)133-80-70(118)72(47(103)35-125-80)134-86-77(119)93(123,17-4)37-126-86)139-87(122)94-25-24-88(8,9)30-44(94)43-18-19-53-89(10)22-21-55(90(11,36-99)52(89)20-23-91(53,12)92(43,13)31-54(94)104)132-85-76(138-83-67(115)63(111)61(109)51(33-98)131-83)73(69(117)74(136-85)78(120)121)135-79-65(113)59(107)46(102)34-124-79/h18,36,38-42,44-55,58-77,79-86,97-98,100-104,107-119,123H,14-17,19-35,37H2,1-13H3,(H,95,105)(H,96,106)(H,120,121)/t38-,39-,40?,41-,42-,44?,45-,46+,47+,48-,49-,50?,51?,52+,53?,54?,55-,58-,59-,60?,61-,62?,63-,64?,65?,66?,67?,68?,69-,70?,71-,72?,73-,74?,75?,76?,77?,79-,80-,81-,82-,83-,84-,85+,86-,89?,90+,91-,92+,93-,94+/m0/s1. The van der Waals surface area contributed by atoms with E-state index in [0.717, 1.165) is 11.9 Å². The lowest BCUT2D eigenvalue weighted by Crippen LogP contribution is -2.70. The zero-order valence-corrected chi connectivity index (χ0v) is 81.1. The number of carbonyl (C=O) groups excluding carboxylic acids is 4. The lowest BCUT2D eigenvalue weighted by molar-refractivity contribution is -0.391. The van der Waals surface area contributed by atoms with Crippen molar-refractivity contribution in [3.8, 4) is 0 Å². The molecule has 8 heterocycles. The van der Waals surface area contributed by atoms with Crippen molar-refractivity contribution in [3.05, 3.63) is 11.6 Å². The summed E-state index contributed by atoms with van der Waals surface area (Å²) >= 11 is 0. The molecule has 4 saturated carbocycles. The van der Waals surface area contributed by atoms with Gasteiger partial charge in [-0.2, -0.15) is 0 Å². The Morgan fingerprint density at radius 2 is 1.12 bits per heavy atom. The van der Waals surface area contributed by atoms with Gasteiger partial charge in [0.25, 0.3) is 0 Å². The van der Waals surface area contributed by atoms with Crippen LogP contribution in [0.4, 0.5) is 0 Å². The van der Waals surface area contributed by atoms with Crippen LogP contribution in [0.1, 0.15) is 199 Å². The summed E-state index contributed by atoms with van der Waals surface area (Å²) in [6, 6.07) is -2.55. The van der Waals surface area contributed by atoms with Crippen molar-refractivity contribution in [2.45, 2.75) is 450 Å². The van der Waals surface area contributed by atoms with Crippen molar-refractivity contribution in [2.24, 2.45) is 62.1 Å². The predicted octanol–water partition coefficient (Wildman–Crippen LogP) is -4.73. The van der Waals surface area contributed by atoms with E-state index in [1.165, 1.54) is 6.92 Å². The van der Waals surface area contributed by atoms with Gasteiger partial charge in [0.2, 0.25) is 18.1 Å². The van der Waals surface area contributed by atoms with Gasteiger partial charge in [-0.1, -0.05) is 108 Å². The fourth-order valence-electron chi connectivity index (χ4n) is 24.8. The number of carbonyl (C=O) groups is 5. The van der Waals surface area contributed by atoms with E-state index >= 15 is 4.79 Å². The molecular weight excluding hydrogens is 1850 g/mol. The number of allylic oxidation sites excluding steroid dienone is 2. The van der Waals surface area contributed by atoms with Crippen LogP contribution in [0.3, 0.4) is 0 Å². The predicted molar refractivity (Wildman–Crippen MR) is 470 cm³/mol. The molecule has 139 heavy (non-hydrogen) atoms. The molecule has 0 radical (unpaired) electrons. The van der Waals surface area contributed by atoms with Crippen molar-refractivity contribution >= 4 is 30.0 Å². The van der Waals surface area contributed by atoms with Crippen molar-refractivity contribution in [1.82, 2.24) is 10.6 Å². The Morgan fingerprint density at radius 1 is 0.540 bits per heavy atom. The number of hydrogen-bond acceptors (Lipinski definition) is 42. The monoisotopic (exact) mass is 2000 g/mol. The summed E-state index contributed by atoms with van der Waals surface area (Å²) in [6.45, 7) is 20.7. The first-order chi connectivity index (χ1) is 65.3. The summed E-state index contributed by atoms with van der Waals surface area (Å²) in [4.78, 5) is 72.5. The number of aliphatic hydroxyl groups excluding tert-OH is 20. The van der Waals surface area contributed by atoms with Gasteiger partial charge < -0.3 is 204 Å². The number of fused-ring (bicyclic) bond motifs is 7.